The minimum Gasteiger partial charge on any atom is -0.449 e. The Kier molecular flexibility index (Phi) is 5.70. The highest BCUT2D eigenvalue weighted by Gasteiger charge is 2.51. The Balaban J connectivity index is 1.73. The van der Waals surface area contributed by atoms with Crippen LogP contribution in [0.2, 0.25) is 0 Å². The second-order valence-corrected chi connectivity index (χ2v) is 8.04. The lowest BCUT2D eigenvalue weighted by atomic mass is 10.1. The van der Waals surface area contributed by atoms with Gasteiger partial charge >= 0.3 is 6.16 Å². The zero-order valence-electron chi connectivity index (χ0n) is 14.2. The van der Waals surface area contributed by atoms with Crippen LogP contribution in [0.5, 0.6) is 0 Å². The maximum absolute atomic E-state index is 12.0. The van der Waals surface area contributed by atoms with Crippen LogP contribution in [-0.4, -0.2) is 90.7 Å². The first kappa shape index (κ1) is 18.9. The molecule has 0 unspecified atom stereocenters. The number of hydrogen-bond acceptors (Lipinski definition) is 10. The van der Waals surface area contributed by atoms with Crippen LogP contribution in [0, 0.1) is 0 Å². The lowest BCUT2D eigenvalue weighted by molar-refractivity contribution is -0.144. The predicted octanol–water partition coefficient (Wildman–Crippen LogP) is -0.525. The van der Waals surface area contributed by atoms with Crippen molar-refractivity contribution in [2.75, 3.05) is 32.1 Å². The van der Waals surface area contributed by atoms with Gasteiger partial charge in [0.25, 0.3) is 0 Å². The third kappa shape index (κ3) is 3.79. The van der Waals surface area contributed by atoms with Gasteiger partial charge in [-0.15, -0.1) is 16.9 Å². The van der Waals surface area contributed by atoms with Gasteiger partial charge in [0, 0.05) is 23.6 Å². The standard InChI is InChI=1S/C13H19N7O4S2/c1-18(2)3-4-19-12(15-16-17-19)26-6-7-5-25-11-8(14)9(21)20(11)10(7)24-13(22)23/h8,11H,3-6,14H2,1-2H3,(H,22,23)/t8-,11+/m1/s1. The normalized spacial score (nSPS) is 22.5. The molecule has 2 atom stereocenters. The number of nitrogens with zero attached hydrogens (tertiary/aromatic N) is 6. The zero-order chi connectivity index (χ0) is 18.8. The van der Waals surface area contributed by atoms with Crippen molar-refractivity contribution in [3.8, 4) is 0 Å². The van der Waals surface area contributed by atoms with Crippen molar-refractivity contribution in [1.82, 2.24) is 30.0 Å². The van der Waals surface area contributed by atoms with E-state index in [1.807, 2.05) is 19.0 Å². The van der Waals surface area contributed by atoms with Crippen LogP contribution < -0.4 is 5.73 Å². The molecular formula is C13H19N7O4S2. The number of likely N-dealkylation sites (N-methyl/N-ethyl adjacent to an activating group) is 1. The molecule has 1 aromatic rings. The van der Waals surface area contributed by atoms with Crippen LogP contribution in [-0.2, 0) is 16.1 Å². The van der Waals surface area contributed by atoms with E-state index in [-0.39, 0.29) is 17.2 Å². The Labute approximate surface area is 157 Å². The Morgan fingerprint density at radius 1 is 1.54 bits per heavy atom. The molecule has 0 aliphatic carbocycles. The summed E-state index contributed by atoms with van der Waals surface area (Å²) in [7, 11) is 3.92. The van der Waals surface area contributed by atoms with Crippen molar-refractivity contribution in [1.29, 1.82) is 0 Å². The average molecular weight is 401 g/mol. The van der Waals surface area contributed by atoms with E-state index >= 15 is 0 Å². The number of tetrazole rings is 1. The minimum absolute atomic E-state index is 0.0627. The van der Waals surface area contributed by atoms with Crippen molar-refractivity contribution in [3.05, 3.63) is 11.5 Å². The van der Waals surface area contributed by atoms with Crippen LogP contribution >= 0.6 is 23.5 Å². The fraction of sp³-hybridized carbons (Fsp3) is 0.615. The molecule has 3 rings (SSSR count). The number of fused-ring (bicyclic) bond motifs is 1. The second-order valence-electron chi connectivity index (χ2n) is 5.99. The largest absolute Gasteiger partial charge is 0.512 e. The van der Waals surface area contributed by atoms with Crippen LogP contribution in [0.25, 0.3) is 0 Å². The van der Waals surface area contributed by atoms with E-state index in [9.17, 15) is 9.59 Å². The summed E-state index contributed by atoms with van der Waals surface area (Å²) in [4.78, 5) is 26.4. The highest BCUT2D eigenvalue weighted by atomic mass is 32.2. The molecule has 0 saturated carbocycles. The third-order valence-electron chi connectivity index (χ3n) is 3.85. The number of hydrogen-bond donors (Lipinski definition) is 2. The molecule has 3 N–H and O–H groups in total. The molecule has 11 nitrogen and oxygen atoms in total. The summed E-state index contributed by atoms with van der Waals surface area (Å²) in [5.74, 6) is 0.658. The highest BCUT2D eigenvalue weighted by molar-refractivity contribution is 8.01. The van der Waals surface area contributed by atoms with E-state index < -0.39 is 12.2 Å². The van der Waals surface area contributed by atoms with Crippen LogP contribution in [0.1, 0.15) is 0 Å². The molecule has 0 bridgehead atoms. The van der Waals surface area contributed by atoms with Gasteiger partial charge in [-0.3, -0.25) is 9.69 Å². The molecule has 1 fully saturated rings. The summed E-state index contributed by atoms with van der Waals surface area (Å²) in [6, 6.07) is -0.625. The van der Waals surface area contributed by atoms with E-state index in [1.165, 1.54) is 28.4 Å². The van der Waals surface area contributed by atoms with Gasteiger partial charge in [0.2, 0.25) is 16.9 Å². The van der Waals surface area contributed by atoms with Gasteiger partial charge in [-0.2, -0.15) is 0 Å². The Morgan fingerprint density at radius 2 is 2.31 bits per heavy atom. The van der Waals surface area contributed by atoms with Crippen molar-refractivity contribution >= 4 is 35.6 Å². The first-order valence-electron chi connectivity index (χ1n) is 7.75. The van der Waals surface area contributed by atoms with Gasteiger partial charge in [0.05, 0.1) is 6.54 Å². The van der Waals surface area contributed by atoms with Crippen LogP contribution in [0.15, 0.2) is 16.6 Å². The van der Waals surface area contributed by atoms with Crippen LogP contribution in [0.4, 0.5) is 4.79 Å². The molecule has 26 heavy (non-hydrogen) atoms. The predicted molar refractivity (Wildman–Crippen MR) is 94.3 cm³/mol. The first-order chi connectivity index (χ1) is 12.4. The lowest BCUT2D eigenvalue weighted by Gasteiger charge is -2.47. The first-order valence-corrected chi connectivity index (χ1v) is 9.78. The monoisotopic (exact) mass is 401 g/mol. The molecule has 2 aliphatic rings. The number of thioether (sulfide) groups is 2. The third-order valence-corrected chi connectivity index (χ3v) is 6.26. The van der Waals surface area contributed by atoms with Gasteiger partial charge < -0.3 is 20.5 Å². The summed E-state index contributed by atoms with van der Waals surface area (Å²) in [5.41, 5.74) is 6.46. The Hall–Kier alpha value is -1.83. The van der Waals surface area contributed by atoms with Gasteiger partial charge in [0.15, 0.2) is 0 Å². The van der Waals surface area contributed by atoms with E-state index in [0.29, 0.717) is 28.8 Å². The average Bonchev–Trinajstić information content (AvgIpc) is 3.04. The van der Waals surface area contributed by atoms with E-state index in [1.54, 1.807) is 4.68 Å². The van der Waals surface area contributed by atoms with E-state index in [2.05, 4.69) is 15.5 Å². The fourth-order valence-corrected chi connectivity index (χ4v) is 4.79. The summed E-state index contributed by atoms with van der Waals surface area (Å²) < 4.78 is 6.58. The summed E-state index contributed by atoms with van der Waals surface area (Å²) in [6.07, 6.45) is -1.46. The summed E-state index contributed by atoms with van der Waals surface area (Å²) >= 11 is 2.86. The van der Waals surface area contributed by atoms with Crippen molar-refractivity contribution in [3.63, 3.8) is 0 Å². The summed E-state index contributed by atoms with van der Waals surface area (Å²) in [6.45, 7) is 1.42. The minimum atomic E-state index is -1.46. The lowest BCUT2D eigenvalue weighted by Crippen LogP contribution is -2.68. The SMILES string of the molecule is CN(C)CCn1nnnc1SCC1=C(OC(=O)O)N2C(=O)[C@@H](N)[C@@H]2SC1. The fourth-order valence-electron chi connectivity index (χ4n) is 2.49. The number of nitrogens with two attached hydrogens (primary N) is 1. The Morgan fingerprint density at radius 3 is 3.00 bits per heavy atom. The molecule has 0 radical (unpaired) electrons. The molecule has 2 aliphatic heterocycles. The quantitative estimate of drug-likeness (QED) is 0.346. The van der Waals surface area contributed by atoms with Crippen LogP contribution in [0.3, 0.4) is 0 Å². The van der Waals surface area contributed by atoms with Gasteiger partial charge in [-0.05, 0) is 24.5 Å². The molecule has 13 heteroatoms. The smallest absolute Gasteiger partial charge is 0.449 e. The number of aromatic nitrogens is 4. The molecular weight excluding hydrogens is 382 g/mol. The number of rotatable bonds is 7. The summed E-state index contributed by atoms with van der Waals surface area (Å²) in [5, 5.41) is 21.0. The molecule has 1 amide bonds. The number of ether oxygens (including phenoxy) is 1. The van der Waals surface area contributed by atoms with Gasteiger partial charge in [-0.25, -0.2) is 9.48 Å². The maximum atomic E-state index is 12.0. The highest BCUT2D eigenvalue weighted by Crippen LogP contribution is 2.40. The number of amides is 1. The van der Waals surface area contributed by atoms with Gasteiger partial charge in [0.1, 0.15) is 11.4 Å². The van der Waals surface area contributed by atoms with Crippen molar-refractivity contribution in [2.45, 2.75) is 23.1 Å². The Bertz CT molecular complexity index is 738. The van der Waals surface area contributed by atoms with Gasteiger partial charge in [-0.1, -0.05) is 11.8 Å². The topological polar surface area (TPSA) is 140 Å². The van der Waals surface area contributed by atoms with E-state index in [0.717, 1.165) is 6.54 Å². The molecule has 0 aromatic carbocycles. The number of β-lactam (4-membered cyclic amide) rings is 1. The molecule has 1 saturated heterocycles. The molecule has 1 aromatic heterocycles. The number of carboxylic acid groups (broad SMARTS) is 1. The van der Waals surface area contributed by atoms with E-state index in [4.69, 9.17) is 15.6 Å². The molecule has 0 spiro atoms. The zero-order valence-corrected chi connectivity index (χ0v) is 15.9. The number of carbonyl (C=O) groups excluding carboxylic acids is 1. The maximum Gasteiger partial charge on any atom is 0.512 e. The van der Waals surface area contributed by atoms with Crippen molar-refractivity contribution < 1.29 is 19.4 Å². The molecule has 142 valence electrons. The molecule has 3 heterocycles. The number of carbonyl (C=O) groups is 2. The second kappa shape index (κ2) is 7.82. The van der Waals surface area contributed by atoms with Crippen molar-refractivity contribution in [2.24, 2.45) is 5.73 Å².